The number of aliphatic hydroxyl groups is 1. The van der Waals surface area contributed by atoms with Gasteiger partial charge in [0.2, 0.25) is 0 Å². The van der Waals surface area contributed by atoms with Gasteiger partial charge in [0.1, 0.15) is 18.8 Å². The van der Waals surface area contributed by atoms with Crippen molar-refractivity contribution in [3.8, 4) is 0 Å². The molecule has 1 saturated heterocycles. The molecule has 9 nitrogen and oxygen atoms in total. The number of nitrogens with two attached hydrogens (primary N) is 1. The number of carbonyl (C=O) groups is 2. The Bertz CT molecular complexity index is 778. The van der Waals surface area contributed by atoms with Gasteiger partial charge in [-0.2, -0.15) is 0 Å². The second kappa shape index (κ2) is 18.8. The lowest BCUT2D eigenvalue weighted by Gasteiger charge is -2.30. The van der Waals surface area contributed by atoms with E-state index in [4.69, 9.17) is 19.9 Å². The molecule has 2 aliphatic rings. The third-order valence-electron chi connectivity index (χ3n) is 6.48. The van der Waals surface area contributed by atoms with Gasteiger partial charge in [0.25, 0.3) is 0 Å². The number of halogens is 1. The fourth-order valence-corrected chi connectivity index (χ4v) is 4.22. The molecular weight excluding hydrogens is 493 g/mol. The molecule has 1 fully saturated rings. The van der Waals surface area contributed by atoms with Crippen LogP contribution in [-0.2, 0) is 14.2 Å². The van der Waals surface area contributed by atoms with Crippen molar-refractivity contribution in [2.24, 2.45) is 5.73 Å². The number of urea groups is 1. The normalized spacial score (nSPS) is 25.4. The number of aliphatic hydroxyl groups excluding tert-OH is 1. The Morgan fingerprint density at radius 3 is 2.42 bits per heavy atom. The van der Waals surface area contributed by atoms with E-state index in [1.165, 1.54) is 50.8 Å². The zero-order chi connectivity index (χ0) is 27.6. The van der Waals surface area contributed by atoms with Crippen molar-refractivity contribution in [1.29, 1.82) is 0 Å². The third kappa shape index (κ3) is 12.0. The van der Waals surface area contributed by atoms with Crippen molar-refractivity contribution in [3.63, 3.8) is 0 Å². The molecule has 0 aliphatic carbocycles. The minimum atomic E-state index is -1.87. The summed E-state index contributed by atoms with van der Waals surface area (Å²) in [6, 6.07) is -0.644. The lowest BCUT2D eigenvalue weighted by atomic mass is 10.1. The van der Waals surface area contributed by atoms with E-state index in [0.29, 0.717) is 0 Å². The van der Waals surface area contributed by atoms with Crippen molar-refractivity contribution in [2.45, 2.75) is 115 Å². The maximum atomic E-state index is 14.5. The Hall–Kier alpha value is -2.43. The average Bonchev–Trinajstić information content (AvgIpc) is 3.17. The molecule has 2 aliphatic heterocycles. The maximum absolute atomic E-state index is 14.5. The first kappa shape index (κ1) is 31.8. The Kier molecular flexibility index (Phi) is 15.7. The van der Waals surface area contributed by atoms with Crippen LogP contribution in [0, 0.1) is 0 Å². The van der Waals surface area contributed by atoms with E-state index in [-0.39, 0.29) is 13.2 Å². The highest BCUT2D eigenvalue weighted by atomic mass is 19.1. The molecule has 0 radical (unpaired) electrons. The van der Waals surface area contributed by atoms with Crippen LogP contribution in [0.2, 0.25) is 0 Å². The van der Waals surface area contributed by atoms with E-state index in [2.05, 4.69) is 36.5 Å². The third-order valence-corrected chi connectivity index (χ3v) is 6.48. The summed E-state index contributed by atoms with van der Waals surface area (Å²) in [6.45, 7) is 2.06. The first-order valence-electron chi connectivity index (χ1n) is 14.0. The maximum Gasteiger partial charge on any atom is 0.508 e. The van der Waals surface area contributed by atoms with Crippen molar-refractivity contribution in [1.82, 2.24) is 10.2 Å². The van der Waals surface area contributed by atoms with Gasteiger partial charge < -0.3 is 30.4 Å². The Labute approximate surface area is 226 Å². The van der Waals surface area contributed by atoms with Gasteiger partial charge in [0.05, 0.1) is 12.8 Å². The van der Waals surface area contributed by atoms with E-state index in [1.54, 1.807) is 0 Å². The van der Waals surface area contributed by atoms with E-state index >= 15 is 0 Å². The van der Waals surface area contributed by atoms with E-state index in [1.807, 2.05) is 0 Å². The van der Waals surface area contributed by atoms with Crippen LogP contribution in [0.25, 0.3) is 0 Å². The van der Waals surface area contributed by atoms with Crippen LogP contribution in [0.5, 0.6) is 0 Å². The first-order valence-corrected chi connectivity index (χ1v) is 14.0. The SMILES string of the molecule is CCCCC/C=C\C/C=C\CCCCCCCCOC(=O)OC[C@H]1O[C@@H](N2C=CC(N)NC2=O)[C@@H](F)[C@@H]1O. The summed E-state index contributed by atoms with van der Waals surface area (Å²) < 4.78 is 29.9. The molecule has 0 aromatic carbocycles. The lowest BCUT2D eigenvalue weighted by Crippen LogP contribution is -2.54. The molecule has 2 amide bonds. The number of nitrogens with zero attached hydrogens (tertiary/aromatic N) is 1. The molecule has 5 atom stereocenters. The van der Waals surface area contributed by atoms with Gasteiger partial charge in [0, 0.05) is 6.20 Å². The number of hydrogen-bond acceptors (Lipinski definition) is 7. The highest BCUT2D eigenvalue weighted by Crippen LogP contribution is 2.28. The number of alkyl halides is 1. The van der Waals surface area contributed by atoms with Crippen LogP contribution >= 0.6 is 0 Å². The van der Waals surface area contributed by atoms with Crippen LogP contribution in [0.4, 0.5) is 14.0 Å². The van der Waals surface area contributed by atoms with Gasteiger partial charge in [-0.05, 0) is 44.6 Å². The highest BCUT2D eigenvalue weighted by molar-refractivity contribution is 5.77. The average molecular weight is 540 g/mol. The van der Waals surface area contributed by atoms with Crippen LogP contribution in [0.1, 0.15) is 84.0 Å². The minimum Gasteiger partial charge on any atom is -0.434 e. The largest absolute Gasteiger partial charge is 0.508 e. The van der Waals surface area contributed by atoms with Gasteiger partial charge in [0.15, 0.2) is 12.4 Å². The predicted molar refractivity (Wildman–Crippen MR) is 144 cm³/mol. The van der Waals surface area contributed by atoms with Crippen molar-refractivity contribution >= 4 is 12.2 Å². The van der Waals surface area contributed by atoms with Gasteiger partial charge in [-0.15, -0.1) is 0 Å². The van der Waals surface area contributed by atoms with E-state index < -0.39 is 43.0 Å². The smallest absolute Gasteiger partial charge is 0.434 e. The second-order valence-electron chi connectivity index (χ2n) is 9.72. The summed E-state index contributed by atoms with van der Waals surface area (Å²) in [5, 5.41) is 12.5. The molecule has 0 aromatic rings. The standard InChI is InChI=1S/C28H46FN3O6/c1-2-3-4-5-6-7-8-9-10-11-12-13-14-15-16-17-20-36-28(35)37-21-22-25(33)24(29)26(38-22)32-19-18-23(30)31-27(32)34/h6-7,9-10,18-19,22-26,33H,2-5,8,11-17,20-21,30H2,1H3,(H,31,34)/b7-6-,10-9-/t22-,23?,24+,25-,26-/m1/s1. The minimum absolute atomic E-state index is 0.231. The number of unbranched alkanes of at least 4 members (excludes halogenated alkanes) is 9. The molecule has 1 unspecified atom stereocenters. The molecule has 0 bridgehead atoms. The molecule has 0 saturated carbocycles. The number of allylic oxidation sites excluding steroid dienone is 4. The van der Waals surface area contributed by atoms with Gasteiger partial charge >= 0.3 is 12.2 Å². The summed E-state index contributed by atoms with van der Waals surface area (Å²) in [6.07, 6.45) is 17.8. The number of carbonyl (C=O) groups excluding carboxylic acids is 2. The molecule has 2 rings (SSSR count). The van der Waals surface area contributed by atoms with Crippen LogP contribution in [-0.4, -0.2) is 66.2 Å². The first-order chi connectivity index (χ1) is 18.4. The highest BCUT2D eigenvalue weighted by Gasteiger charge is 2.49. The fraction of sp³-hybridized carbons (Fsp3) is 0.714. The van der Waals surface area contributed by atoms with E-state index in [0.717, 1.165) is 43.4 Å². The topological polar surface area (TPSA) is 123 Å². The molecule has 38 heavy (non-hydrogen) atoms. The number of rotatable bonds is 18. The molecule has 216 valence electrons. The van der Waals surface area contributed by atoms with Gasteiger partial charge in [-0.25, -0.2) is 14.0 Å². The quantitative estimate of drug-likeness (QED) is 0.124. The van der Waals surface area contributed by atoms with Gasteiger partial charge in [-0.1, -0.05) is 69.8 Å². The summed E-state index contributed by atoms with van der Waals surface area (Å²) in [4.78, 5) is 24.8. The lowest BCUT2D eigenvalue weighted by molar-refractivity contribution is -0.0681. The number of ether oxygens (including phenoxy) is 3. The van der Waals surface area contributed by atoms with E-state index in [9.17, 15) is 19.1 Å². The Balaban J connectivity index is 1.45. The zero-order valence-electron chi connectivity index (χ0n) is 22.6. The Morgan fingerprint density at radius 1 is 1.08 bits per heavy atom. The van der Waals surface area contributed by atoms with Crippen LogP contribution < -0.4 is 11.1 Å². The monoisotopic (exact) mass is 539 g/mol. The zero-order valence-corrected chi connectivity index (χ0v) is 22.6. The molecule has 0 aromatic heterocycles. The number of nitrogens with one attached hydrogen (secondary N) is 1. The summed E-state index contributed by atoms with van der Waals surface area (Å²) in [5.41, 5.74) is 5.57. The molecular formula is C28H46FN3O6. The fourth-order valence-electron chi connectivity index (χ4n) is 4.22. The van der Waals surface area contributed by atoms with Crippen LogP contribution in [0.3, 0.4) is 0 Å². The molecule has 10 heteroatoms. The summed E-state index contributed by atoms with van der Waals surface area (Å²) >= 11 is 0. The molecule has 4 N–H and O–H groups in total. The van der Waals surface area contributed by atoms with Gasteiger partial charge in [-0.3, -0.25) is 4.90 Å². The summed E-state index contributed by atoms with van der Waals surface area (Å²) in [7, 11) is 0. The van der Waals surface area contributed by atoms with Crippen molar-refractivity contribution in [2.75, 3.05) is 13.2 Å². The summed E-state index contributed by atoms with van der Waals surface area (Å²) in [5.74, 6) is 0. The van der Waals surface area contributed by atoms with Crippen molar-refractivity contribution < 1.29 is 33.3 Å². The molecule has 2 heterocycles. The van der Waals surface area contributed by atoms with Crippen molar-refractivity contribution in [3.05, 3.63) is 36.6 Å². The number of amides is 2. The van der Waals surface area contributed by atoms with Crippen LogP contribution in [0.15, 0.2) is 36.6 Å². The Morgan fingerprint density at radius 2 is 1.74 bits per heavy atom. The number of hydrogen-bond donors (Lipinski definition) is 3. The second-order valence-corrected chi connectivity index (χ2v) is 9.72. The predicted octanol–water partition coefficient (Wildman–Crippen LogP) is 5.20. The molecule has 0 spiro atoms.